The van der Waals surface area contributed by atoms with Crippen LogP contribution in [0.4, 0.5) is 5.69 Å². The van der Waals surface area contributed by atoms with E-state index >= 15 is 0 Å². The van der Waals surface area contributed by atoms with Gasteiger partial charge in [-0.25, -0.2) is 13.4 Å². The molecule has 0 radical (unpaired) electrons. The molecule has 1 amide bonds. The van der Waals surface area contributed by atoms with Gasteiger partial charge in [-0.2, -0.15) is 4.31 Å². The number of fused-ring (bicyclic) bond motifs is 1. The lowest BCUT2D eigenvalue weighted by atomic mass is 10.0. The minimum atomic E-state index is -3.52. The first kappa shape index (κ1) is 24.5. The number of sulfonamides is 1. The van der Waals surface area contributed by atoms with Crippen LogP contribution in [0.5, 0.6) is 5.75 Å². The van der Waals surface area contributed by atoms with E-state index in [4.69, 9.17) is 4.74 Å². The van der Waals surface area contributed by atoms with Crippen LogP contribution in [0.1, 0.15) is 25.3 Å². The maximum atomic E-state index is 13.1. The van der Waals surface area contributed by atoms with E-state index in [-0.39, 0.29) is 11.7 Å². The van der Waals surface area contributed by atoms with Crippen LogP contribution >= 0.6 is 11.8 Å². The molecular weight excluding hydrogens is 470 g/mol. The molecule has 4 rings (SSSR count). The van der Waals surface area contributed by atoms with Crippen molar-refractivity contribution in [3.63, 3.8) is 0 Å². The molecule has 1 aliphatic rings. The first-order valence-corrected chi connectivity index (χ1v) is 13.7. The SMILES string of the molecule is COc1ccc(NC(=O)CSc2cc(C)c3cc(S(=O)(=O)N4CCC(C)CC4)ccc3n2)cc1. The molecule has 1 fully saturated rings. The largest absolute Gasteiger partial charge is 0.497 e. The number of piperidine rings is 1. The fraction of sp³-hybridized carbons (Fsp3) is 0.360. The number of nitrogens with zero attached hydrogens (tertiary/aromatic N) is 2. The Balaban J connectivity index is 1.45. The highest BCUT2D eigenvalue weighted by molar-refractivity contribution is 7.99. The molecule has 180 valence electrons. The highest BCUT2D eigenvalue weighted by Crippen LogP contribution is 2.29. The molecular formula is C25H29N3O4S2. The van der Waals surface area contributed by atoms with E-state index in [9.17, 15) is 13.2 Å². The van der Waals surface area contributed by atoms with Gasteiger partial charge in [0.1, 0.15) is 5.75 Å². The fourth-order valence-electron chi connectivity index (χ4n) is 3.96. The molecule has 34 heavy (non-hydrogen) atoms. The third kappa shape index (κ3) is 5.54. The van der Waals surface area contributed by atoms with Crippen LogP contribution in [0.25, 0.3) is 10.9 Å². The van der Waals surface area contributed by atoms with Gasteiger partial charge in [0.25, 0.3) is 0 Å². The Morgan fingerprint density at radius 2 is 1.85 bits per heavy atom. The van der Waals surface area contributed by atoms with E-state index in [1.165, 1.54) is 11.8 Å². The zero-order valence-corrected chi connectivity index (χ0v) is 21.2. The van der Waals surface area contributed by atoms with Crippen LogP contribution < -0.4 is 10.1 Å². The van der Waals surface area contributed by atoms with Crippen LogP contribution in [0.2, 0.25) is 0 Å². The van der Waals surface area contributed by atoms with Gasteiger partial charge in [0.2, 0.25) is 15.9 Å². The number of methoxy groups -OCH3 is 1. The average Bonchev–Trinajstić information content (AvgIpc) is 2.83. The number of carbonyl (C=O) groups excluding carboxylic acids is 1. The molecule has 2 aromatic carbocycles. The summed E-state index contributed by atoms with van der Waals surface area (Å²) in [5.41, 5.74) is 2.34. The number of amides is 1. The second-order valence-electron chi connectivity index (χ2n) is 8.61. The van der Waals surface area contributed by atoms with Crippen LogP contribution in [0.15, 0.2) is 58.5 Å². The number of hydrogen-bond donors (Lipinski definition) is 1. The van der Waals surface area contributed by atoms with Gasteiger partial charge in [0.05, 0.1) is 28.3 Å². The van der Waals surface area contributed by atoms with Crippen molar-refractivity contribution < 1.29 is 17.9 Å². The summed E-state index contributed by atoms with van der Waals surface area (Å²) in [5, 5.41) is 4.38. The van der Waals surface area contributed by atoms with Gasteiger partial charge in [-0.05, 0) is 79.8 Å². The molecule has 1 aliphatic heterocycles. The lowest BCUT2D eigenvalue weighted by Crippen LogP contribution is -2.37. The van der Waals surface area contributed by atoms with E-state index < -0.39 is 10.0 Å². The number of aromatic nitrogens is 1. The Labute approximate surface area is 205 Å². The quantitative estimate of drug-likeness (QED) is 0.474. The fourth-order valence-corrected chi connectivity index (χ4v) is 6.23. The average molecular weight is 500 g/mol. The minimum absolute atomic E-state index is 0.132. The molecule has 0 unspecified atom stereocenters. The Morgan fingerprint density at radius 1 is 1.15 bits per heavy atom. The zero-order chi connectivity index (χ0) is 24.3. The molecule has 0 bridgehead atoms. The van der Waals surface area contributed by atoms with Crippen LogP contribution in [0.3, 0.4) is 0 Å². The molecule has 0 atom stereocenters. The van der Waals surface area contributed by atoms with Crippen molar-refractivity contribution >= 4 is 44.3 Å². The zero-order valence-electron chi connectivity index (χ0n) is 19.6. The first-order valence-electron chi connectivity index (χ1n) is 11.2. The summed E-state index contributed by atoms with van der Waals surface area (Å²) in [6.45, 7) is 5.22. The van der Waals surface area contributed by atoms with E-state index in [1.807, 2.05) is 13.0 Å². The van der Waals surface area contributed by atoms with Gasteiger partial charge in [-0.1, -0.05) is 18.7 Å². The van der Waals surface area contributed by atoms with Crippen LogP contribution in [0, 0.1) is 12.8 Å². The second kappa shape index (κ2) is 10.3. The highest BCUT2D eigenvalue weighted by Gasteiger charge is 2.28. The molecule has 7 nitrogen and oxygen atoms in total. The summed E-state index contributed by atoms with van der Waals surface area (Å²) in [6.07, 6.45) is 1.78. The number of aryl methyl sites for hydroxylation is 1. The monoisotopic (exact) mass is 499 g/mol. The van der Waals surface area contributed by atoms with Gasteiger partial charge in [0, 0.05) is 24.2 Å². The predicted octanol–water partition coefficient (Wildman–Crippen LogP) is 4.70. The third-order valence-corrected chi connectivity index (χ3v) is 8.87. The summed E-state index contributed by atoms with van der Waals surface area (Å²) in [6, 6.07) is 14.2. The smallest absolute Gasteiger partial charge is 0.243 e. The van der Waals surface area contributed by atoms with Crippen molar-refractivity contribution in [3.05, 3.63) is 54.1 Å². The maximum Gasteiger partial charge on any atom is 0.243 e. The number of nitrogens with one attached hydrogen (secondary N) is 1. The number of ether oxygens (including phenoxy) is 1. The molecule has 0 aliphatic carbocycles. The molecule has 2 heterocycles. The normalized spacial score (nSPS) is 15.4. The Bertz CT molecular complexity index is 1290. The van der Waals surface area contributed by atoms with Gasteiger partial charge in [0.15, 0.2) is 0 Å². The maximum absolute atomic E-state index is 13.1. The van der Waals surface area contributed by atoms with Crippen molar-refractivity contribution in [3.8, 4) is 5.75 Å². The van der Waals surface area contributed by atoms with Crippen molar-refractivity contribution in [1.29, 1.82) is 0 Å². The van der Waals surface area contributed by atoms with Crippen LogP contribution in [-0.2, 0) is 14.8 Å². The Morgan fingerprint density at radius 3 is 2.53 bits per heavy atom. The van der Waals surface area contributed by atoms with Gasteiger partial charge in [-0.3, -0.25) is 4.79 Å². The van der Waals surface area contributed by atoms with Crippen molar-refractivity contribution in [1.82, 2.24) is 9.29 Å². The van der Waals surface area contributed by atoms with Gasteiger partial charge in [-0.15, -0.1) is 0 Å². The first-order chi connectivity index (χ1) is 16.3. The molecule has 1 saturated heterocycles. The number of carbonyl (C=O) groups is 1. The predicted molar refractivity (Wildman–Crippen MR) is 136 cm³/mol. The van der Waals surface area contributed by atoms with E-state index in [0.29, 0.717) is 35.1 Å². The lowest BCUT2D eigenvalue weighted by Gasteiger charge is -2.29. The second-order valence-corrected chi connectivity index (χ2v) is 11.5. The Kier molecular flexibility index (Phi) is 7.45. The van der Waals surface area contributed by atoms with Crippen LogP contribution in [-0.4, -0.2) is 49.6 Å². The Hall–Kier alpha value is -2.62. The molecule has 0 spiro atoms. The summed E-state index contributed by atoms with van der Waals surface area (Å²) in [7, 11) is -1.93. The number of thioether (sulfide) groups is 1. The molecule has 1 N–H and O–H groups in total. The van der Waals surface area contributed by atoms with E-state index in [1.54, 1.807) is 53.9 Å². The van der Waals surface area contributed by atoms with E-state index in [0.717, 1.165) is 34.6 Å². The lowest BCUT2D eigenvalue weighted by molar-refractivity contribution is -0.113. The third-order valence-electron chi connectivity index (χ3n) is 6.07. The molecule has 9 heteroatoms. The van der Waals surface area contributed by atoms with Gasteiger partial charge >= 0.3 is 0 Å². The number of anilines is 1. The summed E-state index contributed by atoms with van der Waals surface area (Å²) < 4.78 is 33.0. The summed E-state index contributed by atoms with van der Waals surface area (Å²) >= 11 is 1.34. The van der Waals surface area contributed by atoms with E-state index in [2.05, 4.69) is 17.2 Å². The topological polar surface area (TPSA) is 88.6 Å². The van der Waals surface area contributed by atoms with Gasteiger partial charge < -0.3 is 10.1 Å². The van der Waals surface area contributed by atoms with Crippen molar-refractivity contribution in [2.75, 3.05) is 31.3 Å². The summed E-state index contributed by atoms with van der Waals surface area (Å²) in [5.74, 6) is 1.37. The van der Waals surface area contributed by atoms with Crippen molar-refractivity contribution in [2.45, 2.75) is 36.6 Å². The summed E-state index contributed by atoms with van der Waals surface area (Å²) in [4.78, 5) is 17.3. The molecule has 3 aromatic rings. The minimum Gasteiger partial charge on any atom is -0.497 e. The molecule has 0 saturated carbocycles. The highest BCUT2D eigenvalue weighted by atomic mass is 32.2. The van der Waals surface area contributed by atoms with Crippen molar-refractivity contribution in [2.24, 2.45) is 5.92 Å². The number of rotatable bonds is 7. The molecule has 1 aromatic heterocycles. The number of hydrogen-bond acceptors (Lipinski definition) is 6. The number of benzene rings is 2. The number of pyridine rings is 1. The standard InChI is InChI=1S/C25H29N3O4S2/c1-17-10-12-28(13-11-17)34(30,31)21-8-9-23-22(15-21)18(2)14-25(27-23)33-16-24(29)26-19-4-6-20(32-3)7-5-19/h4-9,14-15,17H,10-13,16H2,1-3H3,(H,26,29).